The van der Waals surface area contributed by atoms with Gasteiger partial charge < -0.3 is 9.84 Å². The molecule has 0 aromatic heterocycles. The number of carboxylic acid groups (broad SMARTS) is 1. The molecule has 1 aliphatic rings. The molecule has 0 bridgehead atoms. The summed E-state index contributed by atoms with van der Waals surface area (Å²) in [6, 6.07) is 1.42. The lowest BCUT2D eigenvalue weighted by Crippen LogP contribution is -2.23. The number of alkyl halides is 3. The molecule has 2 rings (SSSR count). The summed E-state index contributed by atoms with van der Waals surface area (Å²) < 4.78 is 43.2. The molecule has 0 saturated heterocycles. The maximum atomic E-state index is 12.9. The Bertz CT molecular complexity index is 568. The quantitative estimate of drug-likeness (QED) is 0.474. The van der Waals surface area contributed by atoms with Gasteiger partial charge in [0.05, 0.1) is 12.0 Å². The molecule has 0 spiro atoms. The molecule has 8 heteroatoms. The second-order valence-corrected chi connectivity index (χ2v) is 4.52. The minimum atomic E-state index is -4.67. The first-order valence-corrected chi connectivity index (χ1v) is 5.59. The van der Waals surface area contributed by atoms with E-state index in [4.69, 9.17) is 5.11 Å². The van der Waals surface area contributed by atoms with Crippen LogP contribution in [0.2, 0.25) is 0 Å². The molecule has 1 atom stereocenters. The predicted molar refractivity (Wildman–Crippen MR) is 60.4 cm³/mol. The van der Waals surface area contributed by atoms with Gasteiger partial charge in [-0.15, -0.1) is 0 Å². The highest BCUT2D eigenvalue weighted by Crippen LogP contribution is 2.46. The van der Waals surface area contributed by atoms with E-state index in [0.717, 1.165) is 6.07 Å². The van der Waals surface area contributed by atoms with Crippen LogP contribution in [0.5, 0.6) is 5.75 Å². The van der Waals surface area contributed by atoms with Crippen molar-refractivity contribution in [3.05, 3.63) is 28.8 Å². The first kappa shape index (κ1) is 13.7. The van der Waals surface area contributed by atoms with Crippen LogP contribution in [-0.2, 0) is 11.0 Å². The summed E-state index contributed by atoms with van der Waals surface area (Å²) in [5.41, 5.74) is -1.94. The van der Waals surface area contributed by atoms with Crippen LogP contribution in [-0.4, -0.2) is 17.0 Å². The summed E-state index contributed by atoms with van der Waals surface area (Å²) in [4.78, 5) is 22.2. The number of carbonyl (C=O) groups is 2. The molecular weight excluding hydrogens is 285 g/mol. The summed E-state index contributed by atoms with van der Waals surface area (Å²) in [7, 11) is 0. The van der Waals surface area contributed by atoms with Crippen LogP contribution < -0.4 is 4.74 Å². The minimum Gasteiger partial charge on any atom is -0.478 e. The van der Waals surface area contributed by atoms with Crippen LogP contribution in [0.3, 0.4) is 0 Å². The van der Waals surface area contributed by atoms with Crippen molar-refractivity contribution in [2.24, 2.45) is 0 Å². The number of carbonyl (C=O) groups excluding carboxylic acids is 1. The third kappa shape index (κ3) is 2.40. The number of thiol groups is 1. The molecule has 4 nitrogen and oxygen atoms in total. The van der Waals surface area contributed by atoms with Gasteiger partial charge in [-0.3, -0.25) is 4.79 Å². The molecule has 19 heavy (non-hydrogen) atoms. The molecule has 0 aliphatic carbocycles. The molecule has 1 N–H and O–H groups in total. The second-order valence-electron chi connectivity index (χ2n) is 3.90. The SMILES string of the molecule is O=C1CC(S)c2c(C(F)(F)F)ccc(C(=O)O)c2O1. The molecule has 0 radical (unpaired) electrons. The van der Waals surface area contributed by atoms with E-state index in [1.165, 1.54) is 0 Å². The average molecular weight is 292 g/mol. The lowest BCUT2D eigenvalue weighted by atomic mass is 9.95. The molecule has 1 unspecified atom stereocenters. The predicted octanol–water partition coefficient (Wildman–Crippen LogP) is 2.68. The van der Waals surface area contributed by atoms with Gasteiger partial charge >= 0.3 is 18.1 Å². The molecular formula is C11H7F3O4S. The highest BCUT2D eigenvalue weighted by Gasteiger charge is 2.40. The van der Waals surface area contributed by atoms with Crippen LogP contribution in [0.25, 0.3) is 0 Å². The number of fused-ring (bicyclic) bond motifs is 1. The Morgan fingerprint density at radius 2 is 2.05 bits per heavy atom. The van der Waals surface area contributed by atoms with Crippen LogP contribution in [0.15, 0.2) is 12.1 Å². The number of carboxylic acids is 1. The van der Waals surface area contributed by atoms with Gasteiger partial charge in [0.1, 0.15) is 11.3 Å². The zero-order chi connectivity index (χ0) is 14.4. The van der Waals surface area contributed by atoms with Gasteiger partial charge in [0.15, 0.2) is 0 Å². The standard InChI is InChI=1S/C11H7F3O4S/c12-11(13,14)5-2-1-4(10(16)17)9-8(5)6(19)3-7(15)18-9/h1-2,6,19H,3H2,(H,16,17). The van der Waals surface area contributed by atoms with Gasteiger partial charge in [0.25, 0.3) is 0 Å². The number of benzene rings is 1. The van der Waals surface area contributed by atoms with Crippen molar-refractivity contribution >= 4 is 24.6 Å². The van der Waals surface area contributed by atoms with Crippen LogP contribution in [0, 0.1) is 0 Å². The monoisotopic (exact) mass is 292 g/mol. The number of esters is 1. The van der Waals surface area contributed by atoms with Crippen molar-refractivity contribution in [2.45, 2.75) is 17.8 Å². The fourth-order valence-electron chi connectivity index (χ4n) is 1.87. The average Bonchev–Trinajstić information content (AvgIpc) is 2.25. The van der Waals surface area contributed by atoms with Crippen molar-refractivity contribution in [2.75, 3.05) is 0 Å². The lowest BCUT2D eigenvalue weighted by Gasteiger charge is -2.25. The third-order valence-corrected chi connectivity index (χ3v) is 3.08. The van der Waals surface area contributed by atoms with Gasteiger partial charge in [-0.2, -0.15) is 25.8 Å². The lowest BCUT2D eigenvalue weighted by molar-refractivity contribution is -0.141. The number of halogens is 3. The molecule has 0 saturated carbocycles. The third-order valence-electron chi connectivity index (χ3n) is 2.64. The number of rotatable bonds is 1. The highest BCUT2D eigenvalue weighted by molar-refractivity contribution is 7.80. The van der Waals surface area contributed by atoms with Gasteiger partial charge in [-0.1, -0.05) is 0 Å². The zero-order valence-corrected chi connectivity index (χ0v) is 10.1. The van der Waals surface area contributed by atoms with Crippen LogP contribution in [0.4, 0.5) is 13.2 Å². The van der Waals surface area contributed by atoms with Gasteiger partial charge in [0.2, 0.25) is 0 Å². The van der Waals surface area contributed by atoms with Crippen molar-refractivity contribution in [1.29, 1.82) is 0 Å². The smallest absolute Gasteiger partial charge is 0.416 e. The first-order valence-electron chi connectivity index (χ1n) is 5.08. The number of hydrogen-bond acceptors (Lipinski definition) is 4. The first-order chi connectivity index (χ1) is 8.71. The number of hydrogen-bond donors (Lipinski definition) is 2. The summed E-state index contributed by atoms with van der Waals surface area (Å²) in [6.45, 7) is 0. The molecule has 1 heterocycles. The van der Waals surface area contributed by atoms with E-state index >= 15 is 0 Å². The summed E-state index contributed by atoms with van der Waals surface area (Å²) in [6.07, 6.45) is -5.02. The normalized spacial score (nSPS) is 18.7. The largest absolute Gasteiger partial charge is 0.478 e. The Labute approximate surface area is 110 Å². The number of aromatic carboxylic acids is 1. The number of ether oxygens (including phenoxy) is 1. The van der Waals surface area contributed by atoms with Crippen LogP contribution in [0.1, 0.15) is 33.2 Å². The fourth-order valence-corrected chi connectivity index (χ4v) is 2.28. The Balaban J connectivity index is 2.74. The van der Waals surface area contributed by atoms with Gasteiger partial charge in [-0.05, 0) is 12.1 Å². The molecule has 0 fully saturated rings. The minimum absolute atomic E-state index is 0.345. The molecule has 102 valence electrons. The molecule has 1 aromatic carbocycles. The maximum absolute atomic E-state index is 12.9. The Kier molecular flexibility index (Phi) is 3.21. The second kappa shape index (κ2) is 4.44. The van der Waals surface area contributed by atoms with E-state index in [-0.39, 0.29) is 6.42 Å². The van der Waals surface area contributed by atoms with Gasteiger partial charge in [0, 0.05) is 10.8 Å². The molecule has 1 aliphatic heterocycles. The topological polar surface area (TPSA) is 63.6 Å². The zero-order valence-electron chi connectivity index (χ0n) is 9.19. The highest BCUT2D eigenvalue weighted by atomic mass is 32.1. The summed E-state index contributed by atoms with van der Waals surface area (Å²) in [5.74, 6) is -2.85. The van der Waals surface area contributed by atoms with Crippen LogP contribution >= 0.6 is 12.6 Å². The van der Waals surface area contributed by atoms with E-state index in [0.29, 0.717) is 6.07 Å². The molecule has 1 aromatic rings. The van der Waals surface area contributed by atoms with E-state index in [9.17, 15) is 22.8 Å². The Morgan fingerprint density at radius 3 is 2.58 bits per heavy atom. The van der Waals surface area contributed by atoms with E-state index in [1.54, 1.807) is 0 Å². The van der Waals surface area contributed by atoms with Crippen molar-refractivity contribution in [3.8, 4) is 5.75 Å². The maximum Gasteiger partial charge on any atom is 0.416 e. The fraction of sp³-hybridized carbons (Fsp3) is 0.273. The van der Waals surface area contributed by atoms with Gasteiger partial charge in [-0.25, -0.2) is 4.79 Å². The summed E-state index contributed by atoms with van der Waals surface area (Å²) >= 11 is 3.92. The van der Waals surface area contributed by atoms with E-state index in [1.807, 2.05) is 0 Å². The van der Waals surface area contributed by atoms with E-state index in [2.05, 4.69) is 17.4 Å². The van der Waals surface area contributed by atoms with Crippen molar-refractivity contribution in [3.63, 3.8) is 0 Å². The van der Waals surface area contributed by atoms with E-state index < -0.39 is 45.8 Å². The Morgan fingerprint density at radius 1 is 1.42 bits per heavy atom. The molecule has 0 amide bonds. The Hall–Kier alpha value is -1.70. The summed E-state index contributed by atoms with van der Waals surface area (Å²) in [5, 5.41) is 7.86. The van der Waals surface area contributed by atoms with Crippen molar-refractivity contribution < 1.29 is 32.6 Å². The van der Waals surface area contributed by atoms with Crippen molar-refractivity contribution in [1.82, 2.24) is 0 Å².